The number of nitrogens with zero attached hydrogens (tertiary/aromatic N) is 5. The Morgan fingerprint density at radius 3 is 2.84 bits per heavy atom. The van der Waals surface area contributed by atoms with Crippen molar-refractivity contribution in [1.82, 2.24) is 19.8 Å². The summed E-state index contributed by atoms with van der Waals surface area (Å²) in [6.45, 7) is 0.795. The van der Waals surface area contributed by atoms with Crippen LogP contribution in [0.3, 0.4) is 0 Å². The maximum atomic E-state index is 12.0. The summed E-state index contributed by atoms with van der Waals surface area (Å²) in [6.07, 6.45) is 3.72. The summed E-state index contributed by atoms with van der Waals surface area (Å²) < 4.78 is 1.50. The maximum Gasteiger partial charge on any atom is 0.264 e. The van der Waals surface area contributed by atoms with Gasteiger partial charge in [0, 0.05) is 6.42 Å². The SMILES string of the molecule is O=C(Cn1cncn1)N1CCC(c2ccccc2)=N1. The Labute approximate surface area is 110 Å². The van der Waals surface area contributed by atoms with Gasteiger partial charge in [-0.25, -0.2) is 14.7 Å². The van der Waals surface area contributed by atoms with Crippen LogP contribution in [0.1, 0.15) is 12.0 Å². The molecule has 0 bridgehead atoms. The van der Waals surface area contributed by atoms with Gasteiger partial charge in [-0.1, -0.05) is 30.3 Å². The molecule has 1 aromatic carbocycles. The van der Waals surface area contributed by atoms with Crippen molar-refractivity contribution >= 4 is 11.6 Å². The highest BCUT2D eigenvalue weighted by Crippen LogP contribution is 2.13. The summed E-state index contributed by atoms with van der Waals surface area (Å²) in [5.74, 6) is -0.0727. The Balaban J connectivity index is 1.71. The number of carbonyl (C=O) groups is 1. The van der Waals surface area contributed by atoms with Crippen LogP contribution in [0.25, 0.3) is 0 Å². The van der Waals surface area contributed by atoms with Gasteiger partial charge >= 0.3 is 0 Å². The van der Waals surface area contributed by atoms with Crippen molar-refractivity contribution in [3.8, 4) is 0 Å². The highest BCUT2D eigenvalue weighted by atomic mass is 16.2. The summed E-state index contributed by atoms with van der Waals surface area (Å²) >= 11 is 0. The first kappa shape index (κ1) is 11.6. The van der Waals surface area contributed by atoms with Gasteiger partial charge in [0.15, 0.2) is 0 Å². The van der Waals surface area contributed by atoms with Crippen LogP contribution in [0.15, 0.2) is 48.1 Å². The minimum atomic E-state index is -0.0727. The molecule has 1 amide bonds. The third-order valence-electron chi connectivity index (χ3n) is 2.96. The zero-order valence-electron chi connectivity index (χ0n) is 10.3. The second-order valence-corrected chi connectivity index (χ2v) is 4.27. The molecule has 0 radical (unpaired) electrons. The van der Waals surface area contributed by atoms with Crippen LogP contribution in [0.4, 0.5) is 0 Å². The first-order chi connectivity index (χ1) is 9.33. The maximum absolute atomic E-state index is 12.0. The number of amides is 1. The molecule has 0 aliphatic carbocycles. The molecule has 2 heterocycles. The molecule has 3 rings (SSSR count). The number of rotatable bonds is 3. The van der Waals surface area contributed by atoms with E-state index in [4.69, 9.17) is 0 Å². The molecule has 1 aliphatic rings. The third kappa shape index (κ3) is 2.52. The van der Waals surface area contributed by atoms with Crippen LogP contribution < -0.4 is 0 Å². The predicted molar refractivity (Wildman–Crippen MR) is 69.3 cm³/mol. The first-order valence-electron chi connectivity index (χ1n) is 6.08. The molecule has 0 N–H and O–H groups in total. The van der Waals surface area contributed by atoms with E-state index in [2.05, 4.69) is 15.2 Å². The van der Waals surface area contributed by atoms with Gasteiger partial charge in [-0.2, -0.15) is 10.2 Å². The quantitative estimate of drug-likeness (QED) is 0.819. The van der Waals surface area contributed by atoms with E-state index in [-0.39, 0.29) is 12.5 Å². The lowest BCUT2D eigenvalue weighted by Crippen LogP contribution is -2.27. The van der Waals surface area contributed by atoms with E-state index in [9.17, 15) is 4.79 Å². The third-order valence-corrected chi connectivity index (χ3v) is 2.96. The molecule has 0 unspecified atom stereocenters. The van der Waals surface area contributed by atoms with E-state index in [0.29, 0.717) is 6.54 Å². The van der Waals surface area contributed by atoms with Crippen molar-refractivity contribution in [2.24, 2.45) is 5.10 Å². The number of hydrogen-bond donors (Lipinski definition) is 0. The van der Waals surface area contributed by atoms with Gasteiger partial charge < -0.3 is 0 Å². The standard InChI is InChI=1S/C13H13N5O/c19-13(8-17-10-14-9-15-17)18-7-6-12(16-18)11-4-2-1-3-5-11/h1-5,9-10H,6-8H2. The van der Waals surface area contributed by atoms with Gasteiger partial charge in [-0.05, 0) is 5.56 Å². The van der Waals surface area contributed by atoms with Crippen LogP contribution in [0.5, 0.6) is 0 Å². The van der Waals surface area contributed by atoms with Gasteiger partial charge in [0.05, 0.1) is 12.3 Å². The molecule has 1 aromatic heterocycles. The van der Waals surface area contributed by atoms with Crippen molar-refractivity contribution in [2.45, 2.75) is 13.0 Å². The molecular formula is C13H13N5O. The van der Waals surface area contributed by atoms with Gasteiger partial charge in [0.1, 0.15) is 19.2 Å². The van der Waals surface area contributed by atoms with Crippen molar-refractivity contribution in [3.63, 3.8) is 0 Å². The lowest BCUT2D eigenvalue weighted by atomic mass is 10.1. The highest BCUT2D eigenvalue weighted by molar-refractivity contribution is 6.02. The zero-order chi connectivity index (χ0) is 13.1. The fourth-order valence-corrected chi connectivity index (χ4v) is 2.01. The van der Waals surface area contributed by atoms with Crippen molar-refractivity contribution in [1.29, 1.82) is 0 Å². The van der Waals surface area contributed by atoms with Crippen LogP contribution in [-0.4, -0.2) is 37.9 Å². The number of carbonyl (C=O) groups excluding carboxylic acids is 1. The van der Waals surface area contributed by atoms with E-state index in [1.165, 1.54) is 22.3 Å². The van der Waals surface area contributed by atoms with Crippen molar-refractivity contribution < 1.29 is 4.79 Å². The lowest BCUT2D eigenvalue weighted by Gasteiger charge is -2.10. The van der Waals surface area contributed by atoms with E-state index >= 15 is 0 Å². The Morgan fingerprint density at radius 2 is 2.11 bits per heavy atom. The van der Waals surface area contributed by atoms with E-state index < -0.39 is 0 Å². The second-order valence-electron chi connectivity index (χ2n) is 4.27. The molecule has 0 saturated heterocycles. The topological polar surface area (TPSA) is 63.4 Å². The van der Waals surface area contributed by atoms with Crippen LogP contribution >= 0.6 is 0 Å². The number of aromatic nitrogens is 3. The molecular weight excluding hydrogens is 242 g/mol. The van der Waals surface area contributed by atoms with Gasteiger partial charge in [-0.3, -0.25) is 4.79 Å². The number of hydrazone groups is 1. The predicted octanol–water partition coefficient (Wildman–Crippen LogP) is 0.915. The Bertz CT molecular complexity index is 591. The lowest BCUT2D eigenvalue weighted by molar-refractivity contribution is -0.131. The normalized spacial score (nSPS) is 14.5. The average molecular weight is 255 g/mol. The summed E-state index contributed by atoms with van der Waals surface area (Å²) in [4.78, 5) is 15.8. The highest BCUT2D eigenvalue weighted by Gasteiger charge is 2.21. The van der Waals surface area contributed by atoms with E-state index in [1.807, 2.05) is 30.3 Å². The molecule has 0 atom stereocenters. The van der Waals surface area contributed by atoms with Crippen LogP contribution in [-0.2, 0) is 11.3 Å². The molecule has 6 heteroatoms. The van der Waals surface area contributed by atoms with Crippen molar-refractivity contribution in [3.05, 3.63) is 48.5 Å². The largest absolute Gasteiger partial charge is 0.271 e. The Kier molecular flexibility index (Phi) is 3.06. The van der Waals surface area contributed by atoms with Gasteiger partial charge in [0.25, 0.3) is 5.91 Å². The number of benzene rings is 1. The summed E-state index contributed by atoms with van der Waals surface area (Å²) in [7, 11) is 0. The Hall–Kier alpha value is -2.50. The summed E-state index contributed by atoms with van der Waals surface area (Å²) in [5.41, 5.74) is 2.02. The number of hydrogen-bond acceptors (Lipinski definition) is 4. The smallest absolute Gasteiger partial charge is 0.264 e. The molecule has 0 saturated carbocycles. The summed E-state index contributed by atoms with van der Waals surface area (Å²) in [6, 6.07) is 9.91. The first-order valence-corrected chi connectivity index (χ1v) is 6.08. The molecule has 19 heavy (non-hydrogen) atoms. The van der Waals surface area contributed by atoms with Crippen molar-refractivity contribution in [2.75, 3.05) is 6.54 Å². The second kappa shape index (κ2) is 5.01. The minimum Gasteiger partial charge on any atom is -0.271 e. The fraction of sp³-hybridized carbons (Fsp3) is 0.231. The molecule has 0 fully saturated rings. The fourth-order valence-electron chi connectivity index (χ4n) is 2.01. The van der Waals surface area contributed by atoms with Crippen LogP contribution in [0, 0.1) is 0 Å². The van der Waals surface area contributed by atoms with Gasteiger partial charge in [0.2, 0.25) is 0 Å². The van der Waals surface area contributed by atoms with Crippen LogP contribution in [0.2, 0.25) is 0 Å². The molecule has 0 spiro atoms. The zero-order valence-corrected chi connectivity index (χ0v) is 10.3. The molecule has 96 valence electrons. The van der Waals surface area contributed by atoms with Gasteiger partial charge in [-0.15, -0.1) is 0 Å². The monoisotopic (exact) mass is 255 g/mol. The molecule has 6 nitrogen and oxygen atoms in total. The molecule has 1 aliphatic heterocycles. The van der Waals surface area contributed by atoms with E-state index in [1.54, 1.807) is 0 Å². The van der Waals surface area contributed by atoms with E-state index in [0.717, 1.165) is 17.7 Å². The average Bonchev–Trinajstić information content (AvgIpc) is 3.10. The summed E-state index contributed by atoms with van der Waals surface area (Å²) in [5, 5.41) is 9.80. The minimum absolute atomic E-state index is 0.0727. The molecule has 2 aromatic rings. The Morgan fingerprint density at radius 1 is 1.26 bits per heavy atom.